The van der Waals surface area contributed by atoms with Crippen molar-refractivity contribution in [1.29, 1.82) is 10.5 Å². The van der Waals surface area contributed by atoms with Gasteiger partial charge in [-0.2, -0.15) is 10.5 Å². The summed E-state index contributed by atoms with van der Waals surface area (Å²) in [5, 5.41) is 48.2. The molecule has 0 saturated carbocycles. The van der Waals surface area contributed by atoms with E-state index in [1.54, 1.807) is 6.07 Å². The van der Waals surface area contributed by atoms with E-state index in [1.807, 2.05) is 88.6 Å². The fourth-order valence-corrected chi connectivity index (χ4v) is 11.9. The van der Waals surface area contributed by atoms with Crippen molar-refractivity contribution < 1.29 is 33.3 Å². The molecule has 9 atom stereocenters. The Morgan fingerprint density at radius 2 is 1.40 bits per heavy atom. The molecule has 0 spiro atoms. The minimum absolute atomic E-state index is 0.0287. The van der Waals surface area contributed by atoms with Crippen molar-refractivity contribution in [2.45, 2.75) is 89.9 Å². The lowest BCUT2D eigenvalue weighted by Crippen LogP contribution is -2.49. The Morgan fingerprint density at radius 1 is 0.744 bits per heavy atom. The lowest BCUT2D eigenvalue weighted by molar-refractivity contribution is -0.147. The van der Waals surface area contributed by atoms with E-state index in [4.69, 9.17) is 30.5 Å². The van der Waals surface area contributed by atoms with Crippen LogP contribution in [-0.2, 0) is 19.1 Å². The van der Waals surface area contributed by atoms with E-state index in [2.05, 4.69) is 78.4 Å². The lowest BCUT2D eigenvalue weighted by Gasteiger charge is -2.37. The number of hydrogen-bond donors (Lipinski definition) is 8. The second kappa shape index (κ2) is 29.3. The number of benzene rings is 4. The van der Waals surface area contributed by atoms with Gasteiger partial charge in [0.1, 0.15) is 30.5 Å². The number of fused-ring (bicyclic) bond motifs is 2. The molecule has 4 aliphatic rings. The first kappa shape index (κ1) is 61.1. The van der Waals surface area contributed by atoms with Crippen molar-refractivity contribution in [1.82, 2.24) is 20.4 Å². The topological polar surface area (TPSA) is 238 Å². The maximum Gasteiger partial charge on any atom is 0.310 e. The van der Waals surface area contributed by atoms with Crippen LogP contribution in [0.15, 0.2) is 66.7 Å². The van der Waals surface area contributed by atoms with E-state index >= 15 is 0 Å². The SMILES string of the molecule is CCOc1cc2c(cc1NC(=O)CCCN(C)CC1CNC(COc3ccc(NC4c5cc(NC(=O)CCCN(C)C)ccc5NCC4C#N)c(C)c3)C(C)C1)C(Nc1ccc(OCC3NCCCC3C(=O)OC)cc1Cl)C(C#N)CN2. The molecule has 8 N–H and O–H groups in total. The van der Waals surface area contributed by atoms with Crippen LogP contribution in [0, 0.1) is 59.2 Å². The summed E-state index contributed by atoms with van der Waals surface area (Å²) in [5.74, 6) is 1.23. The second-order valence-electron chi connectivity index (χ2n) is 22.7. The Kier molecular flexibility index (Phi) is 21.8. The molecule has 8 rings (SSSR count). The Hall–Kier alpha value is -7.00. The highest BCUT2D eigenvalue weighted by atomic mass is 35.5. The molecule has 0 radical (unpaired) electrons. The summed E-state index contributed by atoms with van der Waals surface area (Å²) in [6.45, 7) is 12.5. The minimum atomic E-state index is -0.463. The first-order chi connectivity index (χ1) is 39.6. The number of anilines is 6. The number of methoxy groups -OCH3 is 1. The molecular weight excluding hydrogens is 1060 g/mol. The molecule has 19 nitrogen and oxygen atoms in total. The largest absolute Gasteiger partial charge is 0.492 e. The second-order valence-corrected chi connectivity index (χ2v) is 23.1. The fourth-order valence-electron chi connectivity index (χ4n) is 11.7. The van der Waals surface area contributed by atoms with Gasteiger partial charge in [0.2, 0.25) is 11.8 Å². The Balaban J connectivity index is 0.790. The zero-order valence-electron chi connectivity index (χ0n) is 48.6. The molecule has 4 aromatic rings. The number of rotatable bonds is 25. The third-order valence-corrected chi connectivity index (χ3v) is 16.5. The molecule has 4 aliphatic heterocycles. The lowest BCUT2D eigenvalue weighted by atomic mass is 9.86. The van der Waals surface area contributed by atoms with Gasteiger partial charge in [0.05, 0.1) is 78.1 Å². The Morgan fingerprint density at radius 3 is 2.07 bits per heavy atom. The zero-order chi connectivity index (χ0) is 58.3. The quantitative estimate of drug-likeness (QED) is 0.0289. The summed E-state index contributed by atoms with van der Waals surface area (Å²) >= 11 is 6.85. The molecule has 2 amide bonds. The van der Waals surface area contributed by atoms with Crippen LogP contribution in [-0.4, -0.2) is 134 Å². The maximum atomic E-state index is 13.6. The highest BCUT2D eigenvalue weighted by molar-refractivity contribution is 6.33. The van der Waals surface area contributed by atoms with Gasteiger partial charge >= 0.3 is 5.97 Å². The van der Waals surface area contributed by atoms with E-state index in [0.717, 1.165) is 97.9 Å². The first-order valence-corrected chi connectivity index (χ1v) is 29.4. The van der Waals surface area contributed by atoms with E-state index in [-0.39, 0.29) is 54.4 Å². The van der Waals surface area contributed by atoms with Crippen LogP contribution in [0.5, 0.6) is 17.2 Å². The number of piperidine rings is 2. The highest BCUT2D eigenvalue weighted by Crippen LogP contribution is 2.44. The number of aryl methyl sites for hydroxylation is 1. The van der Waals surface area contributed by atoms with E-state index in [1.165, 1.54) is 7.11 Å². The van der Waals surface area contributed by atoms with Crippen molar-refractivity contribution in [3.8, 4) is 29.4 Å². The van der Waals surface area contributed by atoms with Gasteiger partial charge in [-0.05, 0) is 165 Å². The van der Waals surface area contributed by atoms with Gasteiger partial charge in [0.25, 0.3) is 0 Å². The van der Waals surface area contributed by atoms with Crippen molar-refractivity contribution in [3.63, 3.8) is 0 Å². The van der Waals surface area contributed by atoms with E-state index in [0.29, 0.717) is 91.0 Å². The smallest absolute Gasteiger partial charge is 0.310 e. The highest BCUT2D eigenvalue weighted by Gasteiger charge is 2.35. The summed E-state index contributed by atoms with van der Waals surface area (Å²) < 4.78 is 23.6. The summed E-state index contributed by atoms with van der Waals surface area (Å²) in [5.41, 5.74) is 7.27. The molecule has 2 fully saturated rings. The molecule has 82 heavy (non-hydrogen) atoms. The number of nitriles is 2. The third-order valence-electron chi connectivity index (χ3n) is 16.2. The molecule has 440 valence electrons. The van der Waals surface area contributed by atoms with Gasteiger partial charge in [-0.25, -0.2) is 0 Å². The number of nitrogens with one attached hydrogen (secondary N) is 8. The molecule has 0 aliphatic carbocycles. The van der Waals surface area contributed by atoms with Crippen LogP contribution in [0.2, 0.25) is 5.02 Å². The number of ether oxygens (including phenoxy) is 4. The number of amides is 2. The van der Waals surface area contributed by atoms with E-state index < -0.39 is 12.0 Å². The molecule has 4 heterocycles. The van der Waals surface area contributed by atoms with Gasteiger partial charge in [-0.15, -0.1) is 0 Å². The number of esters is 1. The standard InChI is InChI=1S/C62H83ClN12O7/c1-8-80-57-29-53-48(61(42(31-65)34-69-53)73-52-20-17-45(27-49(52)63)82-37-56-46(62(78)79-7)12-9-21-66-56)28-54(57)71-59(77)14-11-23-75(6)35-40-24-38(2)55(67-32-40)36-81-44-16-19-50(39(3)25-44)72-60-41(30-64)33-68-51-18-15-43(26-47(51)60)70-58(76)13-10-22-74(4)5/h15-20,25-29,38,40-42,46,55-56,60-61,66-69,72-73H,8-14,21-24,32-37H2,1-7H3,(H,70,76)(H,71,77). The average molecular weight is 1140 g/mol. The van der Waals surface area contributed by atoms with Crippen LogP contribution in [0.25, 0.3) is 0 Å². The monoisotopic (exact) mass is 1140 g/mol. The van der Waals surface area contributed by atoms with Crippen LogP contribution in [0.1, 0.15) is 87.6 Å². The van der Waals surface area contributed by atoms with Crippen molar-refractivity contribution >= 4 is 63.5 Å². The van der Waals surface area contributed by atoms with Gasteiger partial charge in [-0.1, -0.05) is 18.5 Å². The predicted octanol–water partition coefficient (Wildman–Crippen LogP) is 9.03. The van der Waals surface area contributed by atoms with Crippen molar-refractivity contribution in [2.24, 2.45) is 29.6 Å². The van der Waals surface area contributed by atoms with Gasteiger partial charge in [-0.3, -0.25) is 14.4 Å². The number of halogens is 1. The van der Waals surface area contributed by atoms with Gasteiger partial charge in [0, 0.05) is 84.5 Å². The summed E-state index contributed by atoms with van der Waals surface area (Å²) in [6, 6.07) is 25.2. The van der Waals surface area contributed by atoms with E-state index in [9.17, 15) is 24.9 Å². The predicted molar refractivity (Wildman–Crippen MR) is 323 cm³/mol. The first-order valence-electron chi connectivity index (χ1n) is 29.0. The van der Waals surface area contributed by atoms with Crippen molar-refractivity contribution in [2.75, 3.05) is 126 Å². The minimum Gasteiger partial charge on any atom is -0.492 e. The molecule has 20 heteroatoms. The summed E-state index contributed by atoms with van der Waals surface area (Å²) in [7, 11) is 7.51. The molecule has 9 unspecified atom stereocenters. The fraction of sp³-hybridized carbons (Fsp3) is 0.532. The molecule has 0 bridgehead atoms. The molecule has 4 aromatic carbocycles. The molecular formula is C62H83ClN12O7. The summed E-state index contributed by atoms with van der Waals surface area (Å²) in [4.78, 5) is 43.1. The van der Waals surface area contributed by atoms with Crippen LogP contribution < -0.4 is 56.7 Å². The molecule has 2 saturated heterocycles. The number of hydrogen-bond acceptors (Lipinski definition) is 17. The van der Waals surface area contributed by atoms with Crippen LogP contribution in [0.3, 0.4) is 0 Å². The average Bonchev–Trinajstić information content (AvgIpc) is 3.52. The van der Waals surface area contributed by atoms with Gasteiger partial charge < -0.3 is 71.3 Å². The number of carbonyl (C=O) groups is 3. The van der Waals surface area contributed by atoms with Crippen molar-refractivity contribution in [3.05, 3.63) is 88.4 Å². The Labute approximate surface area is 488 Å². The van der Waals surface area contributed by atoms with Gasteiger partial charge in [0.15, 0.2) is 0 Å². The van der Waals surface area contributed by atoms with Crippen LogP contribution >= 0.6 is 11.6 Å². The zero-order valence-corrected chi connectivity index (χ0v) is 49.3. The number of nitrogens with zero attached hydrogens (tertiary/aromatic N) is 4. The maximum absolute atomic E-state index is 13.6. The summed E-state index contributed by atoms with van der Waals surface area (Å²) in [6.07, 6.45) is 4.87. The van der Waals surface area contributed by atoms with Crippen LogP contribution in [0.4, 0.5) is 34.1 Å². The Bertz CT molecular complexity index is 2930. The third kappa shape index (κ3) is 16.2. The normalized spacial score (nSPS) is 22.9. The molecule has 0 aromatic heterocycles. The number of carbonyl (C=O) groups excluding carboxylic acids is 3.